The summed E-state index contributed by atoms with van der Waals surface area (Å²) in [6.07, 6.45) is 1.36. The summed E-state index contributed by atoms with van der Waals surface area (Å²) >= 11 is 0. The zero-order valence-electron chi connectivity index (χ0n) is 17.2. The average molecular weight is 363 g/mol. The van der Waals surface area contributed by atoms with Crippen LogP contribution in [0.3, 0.4) is 0 Å². The van der Waals surface area contributed by atoms with E-state index in [9.17, 15) is 4.79 Å². The Morgan fingerprint density at radius 3 is 2.12 bits per heavy atom. The molecule has 0 radical (unpaired) electrons. The molecule has 1 aliphatic heterocycles. The number of hydrogen-bond donors (Lipinski definition) is 0. The van der Waals surface area contributed by atoms with Gasteiger partial charge in [-0.2, -0.15) is 0 Å². The number of hydroxylamine groups is 2. The molecule has 0 atom stereocenters. The molecule has 26 heavy (non-hydrogen) atoms. The molecule has 1 fully saturated rings. The first-order chi connectivity index (χ1) is 11.9. The Bertz CT molecular complexity index is 586. The predicted molar refractivity (Wildman–Crippen MR) is 101 cm³/mol. The van der Waals surface area contributed by atoms with E-state index in [1.807, 2.05) is 56.2 Å². The second-order valence-corrected chi connectivity index (χ2v) is 9.42. The van der Waals surface area contributed by atoms with E-state index >= 15 is 0 Å². The number of benzene rings is 1. The van der Waals surface area contributed by atoms with Crippen LogP contribution in [-0.2, 0) is 26.0 Å². The smallest absolute Gasteiger partial charge is 0.330 e. The minimum Gasteiger partial charge on any atom is -0.366 e. The van der Waals surface area contributed by atoms with Crippen molar-refractivity contribution in [3.05, 3.63) is 35.9 Å². The van der Waals surface area contributed by atoms with Gasteiger partial charge in [0.15, 0.2) is 0 Å². The van der Waals surface area contributed by atoms with E-state index in [0.29, 0.717) is 19.4 Å². The fraction of sp³-hybridized carbons (Fsp3) is 0.667. The monoisotopic (exact) mass is 363 g/mol. The lowest BCUT2D eigenvalue weighted by Gasteiger charge is -2.52. The van der Waals surface area contributed by atoms with Gasteiger partial charge >= 0.3 is 5.97 Å². The molecule has 1 aromatic carbocycles. The number of carbonyl (C=O) groups excluding carboxylic acids is 1. The standard InChI is InChI=1S/C21H33NO4/c1-19(2,3)18(23)25-22-20(4,5)13-17(14-21(22,6)7)26-24-15-16-11-9-8-10-12-16/h8-12,17H,13-15H2,1-7H3. The fourth-order valence-electron chi connectivity index (χ4n) is 3.48. The van der Waals surface area contributed by atoms with E-state index in [4.69, 9.17) is 14.6 Å². The van der Waals surface area contributed by atoms with E-state index < -0.39 is 5.41 Å². The molecule has 2 rings (SSSR count). The second kappa shape index (κ2) is 7.67. The molecule has 1 aromatic rings. The van der Waals surface area contributed by atoms with Crippen molar-refractivity contribution in [2.24, 2.45) is 5.41 Å². The Hall–Kier alpha value is -1.43. The molecule has 5 nitrogen and oxygen atoms in total. The van der Waals surface area contributed by atoms with Gasteiger partial charge in [-0.1, -0.05) is 30.3 Å². The first-order valence-corrected chi connectivity index (χ1v) is 9.27. The lowest BCUT2D eigenvalue weighted by molar-refractivity contribution is -0.365. The van der Waals surface area contributed by atoms with Crippen molar-refractivity contribution in [2.45, 2.75) is 85.1 Å². The lowest BCUT2D eigenvalue weighted by atomic mass is 9.80. The maximum absolute atomic E-state index is 12.4. The van der Waals surface area contributed by atoms with E-state index in [2.05, 4.69) is 27.7 Å². The molecule has 0 amide bonds. The molecule has 1 saturated heterocycles. The average Bonchev–Trinajstić information content (AvgIpc) is 2.50. The van der Waals surface area contributed by atoms with Crippen molar-refractivity contribution in [3.8, 4) is 0 Å². The third-order valence-electron chi connectivity index (χ3n) is 4.61. The van der Waals surface area contributed by atoms with E-state index in [-0.39, 0.29) is 23.2 Å². The molecule has 0 aliphatic carbocycles. The van der Waals surface area contributed by atoms with Crippen LogP contribution in [-0.4, -0.2) is 28.2 Å². The van der Waals surface area contributed by atoms with Crippen molar-refractivity contribution in [3.63, 3.8) is 0 Å². The highest BCUT2D eigenvalue weighted by Crippen LogP contribution is 2.40. The summed E-state index contributed by atoms with van der Waals surface area (Å²) in [7, 11) is 0. The number of carbonyl (C=O) groups is 1. The van der Waals surface area contributed by atoms with Crippen LogP contribution in [0.5, 0.6) is 0 Å². The van der Waals surface area contributed by atoms with E-state index in [1.54, 1.807) is 0 Å². The number of piperidine rings is 1. The summed E-state index contributed by atoms with van der Waals surface area (Å²) in [5.74, 6) is -0.224. The molecule has 0 N–H and O–H groups in total. The van der Waals surface area contributed by atoms with Gasteiger partial charge in [0, 0.05) is 0 Å². The van der Waals surface area contributed by atoms with Gasteiger partial charge in [-0.05, 0) is 66.9 Å². The highest BCUT2D eigenvalue weighted by atomic mass is 17.2. The molecular formula is C21H33NO4. The Balaban J connectivity index is 1.98. The number of hydrogen-bond acceptors (Lipinski definition) is 5. The molecule has 1 heterocycles. The van der Waals surface area contributed by atoms with Gasteiger partial charge in [0.2, 0.25) is 0 Å². The molecule has 0 aromatic heterocycles. The molecule has 5 heteroatoms. The lowest BCUT2D eigenvalue weighted by Crippen LogP contribution is -2.62. The maximum atomic E-state index is 12.4. The second-order valence-electron chi connectivity index (χ2n) is 9.42. The minimum absolute atomic E-state index is 0.0618. The van der Waals surface area contributed by atoms with Gasteiger partial charge in [-0.15, -0.1) is 5.06 Å². The van der Waals surface area contributed by atoms with Crippen LogP contribution in [0.4, 0.5) is 0 Å². The van der Waals surface area contributed by atoms with Gasteiger partial charge in [-0.3, -0.25) is 0 Å². The normalized spacial score (nSPS) is 20.7. The van der Waals surface area contributed by atoms with Gasteiger partial charge in [0.1, 0.15) is 6.61 Å². The van der Waals surface area contributed by atoms with E-state index in [1.165, 1.54) is 0 Å². The highest BCUT2D eigenvalue weighted by molar-refractivity contribution is 5.75. The summed E-state index contributed by atoms with van der Waals surface area (Å²) in [6, 6.07) is 9.95. The zero-order chi connectivity index (χ0) is 19.6. The summed E-state index contributed by atoms with van der Waals surface area (Å²) in [6.45, 7) is 14.3. The van der Waals surface area contributed by atoms with Crippen LogP contribution in [0.1, 0.15) is 66.9 Å². The fourth-order valence-corrected chi connectivity index (χ4v) is 3.48. The van der Waals surface area contributed by atoms with Crippen LogP contribution in [0.25, 0.3) is 0 Å². The molecular weight excluding hydrogens is 330 g/mol. The molecule has 146 valence electrons. The first-order valence-electron chi connectivity index (χ1n) is 9.27. The number of nitrogens with zero attached hydrogens (tertiary/aromatic N) is 1. The predicted octanol–water partition coefficient (Wildman–Crippen LogP) is 4.66. The summed E-state index contributed by atoms with van der Waals surface area (Å²) in [5, 5.41) is 1.84. The van der Waals surface area contributed by atoms with Gasteiger partial charge < -0.3 is 4.84 Å². The first kappa shape index (κ1) is 20.9. The summed E-state index contributed by atoms with van der Waals surface area (Å²) in [5.41, 5.74) is -0.187. The van der Waals surface area contributed by atoms with Gasteiger partial charge in [-0.25, -0.2) is 14.6 Å². The largest absolute Gasteiger partial charge is 0.366 e. The SMILES string of the molecule is CC(C)(C)C(=O)ON1C(C)(C)CC(OOCc2ccccc2)CC1(C)C. The molecule has 0 bridgehead atoms. The van der Waals surface area contributed by atoms with Crippen molar-refractivity contribution in [1.29, 1.82) is 0 Å². The highest BCUT2D eigenvalue weighted by Gasteiger charge is 2.49. The summed E-state index contributed by atoms with van der Waals surface area (Å²) in [4.78, 5) is 29.4. The quantitative estimate of drug-likeness (QED) is 0.562. The van der Waals surface area contributed by atoms with Crippen molar-refractivity contribution < 1.29 is 19.4 Å². The Kier molecular flexibility index (Phi) is 6.16. The van der Waals surface area contributed by atoms with Crippen molar-refractivity contribution in [2.75, 3.05) is 0 Å². The minimum atomic E-state index is -0.543. The molecule has 0 spiro atoms. The Labute approximate surface area is 157 Å². The van der Waals surface area contributed by atoms with Crippen LogP contribution < -0.4 is 0 Å². The zero-order valence-corrected chi connectivity index (χ0v) is 17.2. The van der Waals surface area contributed by atoms with Crippen molar-refractivity contribution in [1.82, 2.24) is 5.06 Å². The van der Waals surface area contributed by atoms with Crippen LogP contribution in [0.15, 0.2) is 30.3 Å². The van der Waals surface area contributed by atoms with Gasteiger partial charge in [0.05, 0.1) is 22.6 Å². The topological polar surface area (TPSA) is 48.0 Å². The summed E-state index contributed by atoms with van der Waals surface area (Å²) < 4.78 is 0. The maximum Gasteiger partial charge on any atom is 0.330 e. The number of rotatable bonds is 5. The third-order valence-corrected chi connectivity index (χ3v) is 4.61. The van der Waals surface area contributed by atoms with Crippen LogP contribution in [0.2, 0.25) is 0 Å². The van der Waals surface area contributed by atoms with Crippen LogP contribution in [0, 0.1) is 5.41 Å². The Morgan fingerprint density at radius 1 is 1.08 bits per heavy atom. The molecule has 1 aliphatic rings. The third kappa shape index (κ3) is 5.29. The van der Waals surface area contributed by atoms with Gasteiger partial charge in [0.25, 0.3) is 0 Å². The van der Waals surface area contributed by atoms with Crippen LogP contribution >= 0.6 is 0 Å². The molecule has 0 saturated carbocycles. The van der Waals surface area contributed by atoms with E-state index in [0.717, 1.165) is 5.56 Å². The van der Waals surface area contributed by atoms with Crippen molar-refractivity contribution >= 4 is 5.97 Å². The molecule has 0 unspecified atom stereocenters. The Morgan fingerprint density at radius 2 is 1.62 bits per heavy atom.